The van der Waals surface area contributed by atoms with E-state index >= 15 is 0 Å². The molecular formula is C11H21N5O. The Hall–Kier alpha value is -1.11. The highest BCUT2D eigenvalue weighted by atomic mass is 16.5. The van der Waals surface area contributed by atoms with E-state index in [0.29, 0.717) is 6.04 Å². The minimum Gasteiger partial charge on any atom is -0.383 e. The van der Waals surface area contributed by atoms with Crippen molar-refractivity contribution in [2.24, 2.45) is 10.9 Å². The second-order valence-electron chi connectivity index (χ2n) is 4.37. The van der Waals surface area contributed by atoms with Crippen LogP contribution < -0.4 is 11.4 Å². The van der Waals surface area contributed by atoms with Crippen molar-refractivity contribution in [3.8, 4) is 0 Å². The smallest absolute Gasteiger partial charge is 0.163 e. The summed E-state index contributed by atoms with van der Waals surface area (Å²) in [4.78, 5) is 0. The van der Waals surface area contributed by atoms with Gasteiger partial charge in [0.1, 0.15) is 0 Å². The maximum Gasteiger partial charge on any atom is 0.163 e. The number of ether oxygens (including phenoxy) is 1. The van der Waals surface area contributed by atoms with Crippen molar-refractivity contribution in [3.05, 3.63) is 12.2 Å². The van der Waals surface area contributed by atoms with Gasteiger partial charge in [0.2, 0.25) is 0 Å². The molecule has 2 aliphatic heterocycles. The quantitative estimate of drug-likeness (QED) is 0.536. The van der Waals surface area contributed by atoms with Crippen molar-refractivity contribution < 1.29 is 4.74 Å². The lowest BCUT2D eigenvalue weighted by Crippen LogP contribution is -2.55. The predicted octanol–water partition coefficient (Wildman–Crippen LogP) is 0.0509. The Kier molecular flexibility index (Phi) is 4.36. The van der Waals surface area contributed by atoms with Crippen LogP contribution in [0.5, 0.6) is 0 Å². The van der Waals surface area contributed by atoms with E-state index in [1.807, 2.05) is 11.1 Å². The van der Waals surface area contributed by atoms with Crippen LogP contribution >= 0.6 is 0 Å². The maximum absolute atomic E-state index is 5.37. The molecule has 1 atom stereocenters. The normalized spacial score (nSPS) is 28.2. The van der Waals surface area contributed by atoms with Crippen molar-refractivity contribution in [1.29, 1.82) is 0 Å². The van der Waals surface area contributed by atoms with Gasteiger partial charge in [0.05, 0.1) is 6.61 Å². The van der Waals surface area contributed by atoms with Crippen LogP contribution in [0, 0.1) is 0 Å². The van der Waals surface area contributed by atoms with E-state index in [9.17, 15) is 0 Å². The Morgan fingerprint density at radius 3 is 3.24 bits per heavy atom. The average Bonchev–Trinajstić information content (AvgIpc) is 2.78. The number of hydrazine groups is 2. The number of methoxy groups -OCH3 is 1. The lowest BCUT2D eigenvalue weighted by molar-refractivity contribution is 0.0258. The second-order valence-corrected chi connectivity index (χ2v) is 4.37. The fourth-order valence-electron chi connectivity index (χ4n) is 2.30. The second kappa shape index (κ2) is 6.00. The third-order valence-electron chi connectivity index (χ3n) is 3.18. The summed E-state index contributed by atoms with van der Waals surface area (Å²) in [5.74, 6) is 6.15. The Morgan fingerprint density at radius 2 is 2.47 bits per heavy atom. The Morgan fingerprint density at radius 1 is 1.59 bits per heavy atom. The molecule has 17 heavy (non-hydrogen) atoms. The lowest BCUT2D eigenvalue weighted by atomic mass is 10.2. The largest absolute Gasteiger partial charge is 0.383 e. The zero-order chi connectivity index (χ0) is 12.1. The summed E-state index contributed by atoms with van der Waals surface area (Å²) in [5.41, 5.74) is 3.38. The molecular weight excluding hydrogens is 218 g/mol. The highest BCUT2D eigenvalue weighted by Crippen LogP contribution is 2.15. The number of nitrogens with two attached hydrogens (primary N) is 1. The van der Waals surface area contributed by atoms with E-state index in [1.54, 1.807) is 7.11 Å². The van der Waals surface area contributed by atoms with Gasteiger partial charge in [-0.25, -0.2) is 5.01 Å². The summed E-state index contributed by atoms with van der Waals surface area (Å²) in [6.07, 6.45) is 7.40. The summed E-state index contributed by atoms with van der Waals surface area (Å²) in [6.45, 7) is 2.68. The van der Waals surface area contributed by atoms with Crippen LogP contribution in [0.3, 0.4) is 0 Å². The summed E-state index contributed by atoms with van der Waals surface area (Å²) in [5, 5.41) is 7.99. The SMILES string of the molecule is COCC1CCCN1NN1CCC=CC1=NN. The third kappa shape index (κ3) is 2.96. The van der Waals surface area contributed by atoms with Crippen LogP contribution in [-0.4, -0.2) is 48.7 Å². The highest BCUT2D eigenvalue weighted by molar-refractivity contribution is 5.92. The van der Waals surface area contributed by atoms with Gasteiger partial charge in [-0.15, -0.1) is 0 Å². The van der Waals surface area contributed by atoms with Crippen molar-refractivity contribution in [2.75, 3.05) is 26.8 Å². The number of hydrogen-bond donors (Lipinski definition) is 2. The molecule has 0 aromatic carbocycles. The fourth-order valence-corrected chi connectivity index (χ4v) is 2.30. The van der Waals surface area contributed by atoms with Gasteiger partial charge in [-0.2, -0.15) is 10.6 Å². The first-order valence-electron chi connectivity index (χ1n) is 6.09. The molecule has 0 aromatic rings. The standard InChI is InChI=1S/C11H21N5O/c1-17-9-10-5-4-8-15(10)14-16-7-3-2-6-11(16)13-12/h2,6,10,14H,3-5,7-9,12H2,1H3. The molecule has 0 saturated carbocycles. The Labute approximate surface area is 102 Å². The molecule has 1 unspecified atom stereocenters. The molecule has 1 fully saturated rings. The minimum atomic E-state index is 0.435. The van der Waals surface area contributed by atoms with Gasteiger partial charge < -0.3 is 10.6 Å². The van der Waals surface area contributed by atoms with Crippen LogP contribution in [-0.2, 0) is 4.74 Å². The first kappa shape index (κ1) is 12.3. The molecule has 96 valence electrons. The minimum absolute atomic E-state index is 0.435. The topological polar surface area (TPSA) is 66.1 Å². The maximum atomic E-state index is 5.37. The number of amidine groups is 1. The summed E-state index contributed by atoms with van der Waals surface area (Å²) < 4.78 is 5.23. The fraction of sp³-hybridized carbons (Fsp3) is 0.727. The number of nitrogens with one attached hydrogen (secondary N) is 1. The van der Waals surface area contributed by atoms with E-state index in [4.69, 9.17) is 10.6 Å². The van der Waals surface area contributed by atoms with Crippen molar-refractivity contribution >= 4 is 5.84 Å². The molecule has 6 nitrogen and oxygen atoms in total. The molecule has 0 spiro atoms. The summed E-state index contributed by atoms with van der Waals surface area (Å²) in [6, 6.07) is 0.435. The summed E-state index contributed by atoms with van der Waals surface area (Å²) in [7, 11) is 1.74. The van der Waals surface area contributed by atoms with E-state index in [2.05, 4.69) is 21.7 Å². The molecule has 3 N–H and O–H groups in total. The van der Waals surface area contributed by atoms with Crippen molar-refractivity contribution in [1.82, 2.24) is 15.6 Å². The first-order valence-corrected chi connectivity index (χ1v) is 6.09. The number of hydrogen-bond acceptors (Lipinski definition) is 5. The van der Waals surface area contributed by atoms with Crippen LogP contribution in [0.25, 0.3) is 0 Å². The molecule has 0 aliphatic carbocycles. The van der Waals surface area contributed by atoms with Gasteiger partial charge in [-0.1, -0.05) is 6.08 Å². The zero-order valence-electron chi connectivity index (χ0n) is 10.3. The first-order chi connectivity index (χ1) is 8.35. The molecule has 0 radical (unpaired) electrons. The Bertz CT molecular complexity index is 304. The van der Waals surface area contributed by atoms with E-state index in [0.717, 1.165) is 32.0 Å². The van der Waals surface area contributed by atoms with Crippen molar-refractivity contribution in [3.63, 3.8) is 0 Å². The average molecular weight is 239 g/mol. The van der Waals surface area contributed by atoms with Crippen molar-refractivity contribution in [2.45, 2.75) is 25.3 Å². The number of nitrogens with zero attached hydrogens (tertiary/aromatic N) is 3. The molecule has 0 aromatic heterocycles. The highest BCUT2D eigenvalue weighted by Gasteiger charge is 2.26. The molecule has 2 aliphatic rings. The van der Waals surface area contributed by atoms with Crippen LogP contribution in [0.2, 0.25) is 0 Å². The third-order valence-corrected chi connectivity index (χ3v) is 3.18. The summed E-state index contributed by atoms with van der Waals surface area (Å²) >= 11 is 0. The molecule has 0 bridgehead atoms. The van der Waals surface area contributed by atoms with Gasteiger partial charge in [-0.3, -0.25) is 5.01 Å². The van der Waals surface area contributed by atoms with Gasteiger partial charge in [0.25, 0.3) is 0 Å². The number of rotatable bonds is 4. The zero-order valence-corrected chi connectivity index (χ0v) is 10.3. The van der Waals surface area contributed by atoms with E-state index in [-0.39, 0.29) is 0 Å². The van der Waals surface area contributed by atoms with Gasteiger partial charge in [0, 0.05) is 26.2 Å². The molecule has 2 rings (SSSR count). The number of hydrazone groups is 1. The van der Waals surface area contributed by atoms with Gasteiger partial charge >= 0.3 is 0 Å². The van der Waals surface area contributed by atoms with Gasteiger partial charge in [0.15, 0.2) is 5.84 Å². The lowest BCUT2D eigenvalue weighted by Gasteiger charge is -2.34. The molecule has 1 saturated heterocycles. The monoisotopic (exact) mass is 239 g/mol. The van der Waals surface area contributed by atoms with Gasteiger partial charge in [-0.05, 0) is 25.3 Å². The van der Waals surface area contributed by atoms with Crippen LogP contribution in [0.4, 0.5) is 0 Å². The van der Waals surface area contributed by atoms with Crippen LogP contribution in [0.1, 0.15) is 19.3 Å². The molecule has 0 amide bonds. The van der Waals surface area contributed by atoms with E-state index < -0.39 is 0 Å². The molecule has 6 heteroatoms. The Balaban J connectivity index is 1.93. The van der Waals surface area contributed by atoms with Crippen LogP contribution in [0.15, 0.2) is 17.3 Å². The predicted molar refractivity (Wildman–Crippen MR) is 66.8 cm³/mol. The van der Waals surface area contributed by atoms with E-state index in [1.165, 1.54) is 12.8 Å². The molecule has 2 heterocycles.